The molecule has 1 rings (SSSR count). The predicted molar refractivity (Wildman–Crippen MR) is 58.8 cm³/mol. The molecule has 0 aliphatic heterocycles. The van der Waals surface area contributed by atoms with Gasteiger partial charge in [-0.2, -0.15) is 0 Å². The van der Waals surface area contributed by atoms with Crippen molar-refractivity contribution in [2.75, 3.05) is 20.2 Å². The minimum atomic E-state index is -0.127. The van der Waals surface area contributed by atoms with Crippen LogP contribution in [0.5, 0.6) is 5.75 Å². The van der Waals surface area contributed by atoms with Gasteiger partial charge in [-0.15, -0.1) is 0 Å². The van der Waals surface area contributed by atoms with Crippen molar-refractivity contribution < 1.29 is 9.53 Å². The maximum Gasteiger partial charge on any atom is 0.233 e. The molecule has 0 bridgehead atoms. The van der Waals surface area contributed by atoms with Gasteiger partial charge < -0.3 is 15.8 Å². The highest BCUT2D eigenvalue weighted by Gasteiger charge is 1.98. The van der Waals surface area contributed by atoms with Gasteiger partial charge in [-0.25, -0.2) is 0 Å². The Bertz CT molecular complexity index is 326. The van der Waals surface area contributed by atoms with Gasteiger partial charge in [-0.3, -0.25) is 4.79 Å². The van der Waals surface area contributed by atoms with Crippen LogP contribution in [0.2, 0.25) is 0 Å². The zero-order valence-corrected chi connectivity index (χ0v) is 8.82. The van der Waals surface area contributed by atoms with Crippen molar-refractivity contribution in [3.8, 4) is 5.75 Å². The van der Waals surface area contributed by atoms with Crippen LogP contribution >= 0.6 is 0 Å². The van der Waals surface area contributed by atoms with Gasteiger partial charge in [-0.05, 0) is 24.1 Å². The number of carbonyl (C=O) groups is 1. The predicted octanol–water partition coefficient (Wildman–Crippen LogP) is 0.313. The minimum Gasteiger partial charge on any atom is -0.497 e. The van der Waals surface area contributed by atoms with E-state index in [9.17, 15) is 4.79 Å². The van der Waals surface area contributed by atoms with Gasteiger partial charge in [-0.1, -0.05) is 12.1 Å². The second-order valence-corrected chi connectivity index (χ2v) is 3.16. The minimum absolute atomic E-state index is 0.0398. The van der Waals surface area contributed by atoms with Gasteiger partial charge in [0.05, 0.1) is 13.7 Å². The van der Waals surface area contributed by atoms with Crippen molar-refractivity contribution >= 4 is 5.91 Å². The van der Waals surface area contributed by atoms with Gasteiger partial charge in [0.15, 0.2) is 0 Å². The van der Waals surface area contributed by atoms with Crippen molar-refractivity contribution in [1.82, 2.24) is 5.32 Å². The largest absolute Gasteiger partial charge is 0.497 e. The van der Waals surface area contributed by atoms with E-state index in [0.29, 0.717) is 6.54 Å². The van der Waals surface area contributed by atoms with Crippen LogP contribution in [0.15, 0.2) is 24.3 Å². The second kappa shape index (κ2) is 6.03. The average molecular weight is 208 g/mol. The van der Waals surface area contributed by atoms with Crippen LogP contribution in [0.25, 0.3) is 0 Å². The molecule has 0 spiro atoms. The number of benzene rings is 1. The SMILES string of the molecule is COc1cccc(CCNC(=O)CN)c1. The molecule has 0 aromatic heterocycles. The van der Waals surface area contributed by atoms with E-state index in [1.807, 2.05) is 24.3 Å². The molecule has 15 heavy (non-hydrogen) atoms. The number of nitrogens with two attached hydrogens (primary N) is 1. The number of methoxy groups -OCH3 is 1. The lowest BCUT2D eigenvalue weighted by Gasteiger charge is -2.05. The molecule has 82 valence electrons. The first kappa shape index (κ1) is 11.5. The highest BCUT2D eigenvalue weighted by atomic mass is 16.5. The van der Waals surface area contributed by atoms with E-state index < -0.39 is 0 Å². The summed E-state index contributed by atoms with van der Waals surface area (Å²) in [6, 6.07) is 7.77. The summed E-state index contributed by atoms with van der Waals surface area (Å²) in [6.45, 7) is 0.640. The Morgan fingerprint density at radius 2 is 2.33 bits per heavy atom. The summed E-state index contributed by atoms with van der Waals surface area (Å²) in [5.41, 5.74) is 6.30. The second-order valence-electron chi connectivity index (χ2n) is 3.16. The Kier molecular flexibility index (Phi) is 4.63. The molecule has 0 heterocycles. The Hall–Kier alpha value is -1.55. The Morgan fingerprint density at radius 3 is 3.00 bits per heavy atom. The molecular weight excluding hydrogens is 192 g/mol. The normalized spacial score (nSPS) is 9.73. The fourth-order valence-electron chi connectivity index (χ4n) is 1.25. The lowest BCUT2D eigenvalue weighted by atomic mass is 10.1. The Balaban J connectivity index is 2.40. The van der Waals surface area contributed by atoms with Crippen molar-refractivity contribution in [3.05, 3.63) is 29.8 Å². The van der Waals surface area contributed by atoms with Gasteiger partial charge in [0.1, 0.15) is 5.75 Å². The molecule has 0 saturated heterocycles. The molecule has 0 fully saturated rings. The van der Waals surface area contributed by atoms with Crippen molar-refractivity contribution in [2.45, 2.75) is 6.42 Å². The first-order chi connectivity index (χ1) is 7.26. The van der Waals surface area contributed by atoms with Crippen molar-refractivity contribution in [1.29, 1.82) is 0 Å². The van der Waals surface area contributed by atoms with E-state index >= 15 is 0 Å². The molecule has 1 aromatic rings. The molecular formula is C11H16N2O2. The molecule has 0 radical (unpaired) electrons. The van der Waals surface area contributed by atoms with E-state index in [2.05, 4.69) is 5.32 Å². The topological polar surface area (TPSA) is 64.3 Å². The first-order valence-electron chi connectivity index (χ1n) is 4.86. The quantitative estimate of drug-likeness (QED) is 0.732. The van der Waals surface area contributed by atoms with E-state index in [0.717, 1.165) is 17.7 Å². The standard InChI is InChI=1S/C11H16N2O2/c1-15-10-4-2-3-9(7-10)5-6-13-11(14)8-12/h2-4,7H,5-6,8,12H2,1H3,(H,13,14). The molecule has 1 aromatic carbocycles. The van der Waals surface area contributed by atoms with Crippen LogP contribution in [0, 0.1) is 0 Å². The summed E-state index contributed by atoms with van der Waals surface area (Å²) in [6.07, 6.45) is 0.781. The summed E-state index contributed by atoms with van der Waals surface area (Å²) in [5, 5.41) is 2.71. The molecule has 1 amide bonds. The summed E-state index contributed by atoms with van der Waals surface area (Å²) in [5.74, 6) is 0.704. The number of hydrogen-bond donors (Lipinski definition) is 2. The zero-order valence-electron chi connectivity index (χ0n) is 8.82. The Labute approximate surface area is 89.4 Å². The molecule has 0 aliphatic rings. The fourth-order valence-corrected chi connectivity index (χ4v) is 1.25. The fraction of sp³-hybridized carbons (Fsp3) is 0.364. The molecule has 4 heteroatoms. The lowest BCUT2D eigenvalue weighted by Crippen LogP contribution is -2.31. The number of nitrogens with one attached hydrogen (secondary N) is 1. The van der Waals surface area contributed by atoms with Crippen molar-refractivity contribution in [2.24, 2.45) is 5.73 Å². The summed E-state index contributed by atoms with van der Waals surface area (Å²) in [7, 11) is 1.63. The van der Waals surface area contributed by atoms with Gasteiger partial charge in [0, 0.05) is 6.54 Å². The molecule has 0 unspecified atom stereocenters. The van der Waals surface area contributed by atoms with E-state index in [4.69, 9.17) is 10.5 Å². The first-order valence-corrected chi connectivity index (χ1v) is 4.86. The van der Waals surface area contributed by atoms with Gasteiger partial charge >= 0.3 is 0 Å². The maximum atomic E-state index is 10.9. The molecule has 3 N–H and O–H groups in total. The summed E-state index contributed by atoms with van der Waals surface area (Å²) in [4.78, 5) is 10.9. The molecule has 0 atom stereocenters. The highest BCUT2D eigenvalue weighted by Crippen LogP contribution is 2.12. The lowest BCUT2D eigenvalue weighted by molar-refractivity contribution is -0.119. The number of rotatable bonds is 5. The summed E-state index contributed by atoms with van der Waals surface area (Å²) >= 11 is 0. The number of amides is 1. The van der Waals surface area contributed by atoms with Crippen LogP contribution in [0.4, 0.5) is 0 Å². The molecule has 0 saturated carbocycles. The van der Waals surface area contributed by atoms with Gasteiger partial charge in [0.25, 0.3) is 0 Å². The van der Waals surface area contributed by atoms with Crippen LogP contribution in [-0.4, -0.2) is 26.1 Å². The van der Waals surface area contributed by atoms with E-state index in [1.165, 1.54) is 0 Å². The maximum absolute atomic E-state index is 10.9. The average Bonchev–Trinajstić information content (AvgIpc) is 2.29. The van der Waals surface area contributed by atoms with E-state index in [1.54, 1.807) is 7.11 Å². The molecule has 0 aliphatic carbocycles. The smallest absolute Gasteiger partial charge is 0.233 e. The monoisotopic (exact) mass is 208 g/mol. The van der Waals surface area contributed by atoms with Gasteiger partial charge in [0.2, 0.25) is 5.91 Å². The highest BCUT2D eigenvalue weighted by molar-refractivity contribution is 5.77. The molecule has 4 nitrogen and oxygen atoms in total. The van der Waals surface area contributed by atoms with Crippen molar-refractivity contribution in [3.63, 3.8) is 0 Å². The third kappa shape index (κ3) is 3.99. The zero-order chi connectivity index (χ0) is 11.1. The number of hydrogen-bond acceptors (Lipinski definition) is 3. The summed E-state index contributed by atoms with van der Waals surface area (Å²) < 4.78 is 5.10. The third-order valence-electron chi connectivity index (χ3n) is 2.06. The van der Waals surface area contributed by atoms with Crippen LogP contribution in [-0.2, 0) is 11.2 Å². The van der Waals surface area contributed by atoms with Crippen LogP contribution in [0.3, 0.4) is 0 Å². The van der Waals surface area contributed by atoms with E-state index in [-0.39, 0.29) is 12.5 Å². The number of ether oxygens (including phenoxy) is 1. The van der Waals surface area contributed by atoms with Crippen LogP contribution < -0.4 is 15.8 Å². The van der Waals surface area contributed by atoms with Crippen LogP contribution in [0.1, 0.15) is 5.56 Å². The Morgan fingerprint density at radius 1 is 1.53 bits per heavy atom. The number of carbonyl (C=O) groups excluding carboxylic acids is 1. The third-order valence-corrected chi connectivity index (χ3v) is 2.06.